The van der Waals surface area contributed by atoms with Crippen LogP contribution in [-0.4, -0.2) is 126 Å². The summed E-state index contributed by atoms with van der Waals surface area (Å²) in [6, 6.07) is 3.87. The van der Waals surface area contributed by atoms with E-state index < -0.39 is 0 Å². The van der Waals surface area contributed by atoms with Crippen LogP contribution in [-0.2, 0) is 30.4 Å². The molecule has 0 aromatic heterocycles. The molecule has 1 aromatic rings. The van der Waals surface area contributed by atoms with Crippen molar-refractivity contribution in [1.29, 1.82) is 0 Å². The Morgan fingerprint density at radius 1 is 0.786 bits per heavy atom. The summed E-state index contributed by atoms with van der Waals surface area (Å²) in [7, 11) is 3.21. The predicted molar refractivity (Wildman–Crippen MR) is 157 cm³/mol. The Labute approximate surface area is 250 Å². The standard InChI is InChI=1S/C31H49N3O8/c1-37-27-22-25-23-28(31(27)38-2)41-19-3-6-26(42-30(36)8-7-29(35)34-16-20-39-21-17-34)9-13-33-11-4-10-32(14-15-33)12-5-18-40-24-25/h22-23,26H,3-21,24H2,1-2H3. The monoisotopic (exact) mass is 591 g/mol. The number of rotatable bonds is 6. The Bertz CT molecular complexity index is 987. The van der Waals surface area contributed by atoms with Crippen LogP contribution in [0.2, 0.25) is 0 Å². The van der Waals surface area contributed by atoms with E-state index in [0.717, 1.165) is 64.1 Å². The first kappa shape index (κ1) is 32.3. The number of nitrogens with zero attached hydrogens (tertiary/aromatic N) is 3. The summed E-state index contributed by atoms with van der Waals surface area (Å²) in [5.41, 5.74) is 0.962. The molecule has 0 aliphatic carbocycles. The Morgan fingerprint density at radius 3 is 2.31 bits per heavy atom. The van der Waals surface area contributed by atoms with Crippen molar-refractivity contribution in [2.75, 3.05) is 93.0 Å². The van der Waals surface area contributed by atoms with E-state index in [9.17, 15) is 9.59 Å². The van der Waals surface area contributed by atoms with Gasteiger partial charge in [-0.2, -0.15) is 0 Å². The SMILES string of the molecule is COc1cc2cc(c1OC)OCCCC(OC(=O)CCC(=O)N1CCOCC1)CCN1CCCN(CCCOC2)CC1. The van der Waals surface area contributed by atoms with Gasteiger partial charge in [0.25, 0.3) is 0 Å². The molecule has 236 valence electrons. The molecule has 4 bridgehead atoms. The maximum Gasteiger partial charge on any atom is 0.306 e. The van der Waals surface area contributed by atoms with Crippen molar-refractivity contribution in [2.24, 2.45) is 0 Å². The first-order valence-corrected chi connectivity index (χ1v) is 15.5. The molecule has 2 saturated heterocycles. The highest BCUT2D eigenvalue weighted by Gasteiger charge is 2.22. The van der Waals surface area contributed by atoms with Gasteiger partial charge >= 0.3 is 5.97 Å². The average molecular weight is 592 g/mol. The van der Waals surface area contributed by atoms with Gasteiger partial charge in [0.05, 0.1) is 47.1 Å². The third-order valence-electron chi connectivity index (χ3n) is 8.12. The molecular weight excluding hydrogens is 542 g/mol. The quantitative estimate of drug-likeness (QED) is 0.459. The first-order chi connectivity index (χ1) is 20.6. The van der Waals surface area contributed by atoms with Gasteiger partial charge in [-0.3, -0.25) is 9.59 Å². The average Bonchev–Trinajstić information content (AvgIpc) is 3.25. The van der Waals surface area contributed by atoms with E-state index >= 15 is 0 Å². The van der Waals surface area contributed by atoms with Crippen LogP contribution < -0.4 is 14.2 Å². The molecular formula is C31H49N3O8. The summed E-state index contributed by atoms with van der Waals surface area (Å²) < 4.78 is 34.6. The number of esters is 1. The number of fused-ring (bicyclic) bond motifs is 5. The lowest BCUT2D eigenvalue weighted by Gasteiger charge is -2.27. The molecule has 0 saturated carbocycles. The third-order valence-corrected chi connectivity index (χ3v) is 8.12. The molecule has 1 amide bonds. The minimum absolute atomic E-state index is 0.0183. The fourth-order valence-corrected chi connectivity index (χ4v) is 5.73. The summed E-state index contributed by atoms with van der Waals surface area (Å²) in [4.78, 5) is 32.1. The van der Waals surface area contributed by atoms with Crippen molar-refractivity contribution in [3.63, 3.8) is 0 Å². The molecule has 0 radical (unpaired) electrons. The number of methoxy groups -OCH3 is 2. The number of hydrogen-bond donors (Lipinski definition) is 0. The molecule has 0 spiro atoms. The largest absolute Gasteiger partial charge is 0.493 e. The molecule has 4 rings (SSSR count). The van der Waals surface area contributed by atoms with E-state index in [2.05, 4.69) is 9.80 Å². The van der Waals surface area contributed by atoms with Crippen molar-refractivity contribution < 1.29 is 38.0 Å². The van der Waals surface area contributed by atoms with Crippen LogP contribution in [0.4, 0.5) is 0 Å². The summed E-state index contributed by atoms with van der Waals surface area (Å²) in [6.45, 7) is 9.89. The number of ether oxygens (including phenoxy) is 6. The number of benzene rings is 1. The van der Waals surface area contributed by atoms with E-state index in [4.69, 9.17) is 28.4 Å². The minimum atomic E-state index is -0.318. The molecule has 42 heavy (non-hydrogen) atoms. The van der Waals surface area contributed by atoms with E-state index in [0.29, 0.717) is 76.2 Å². The molecule has 3 aliphatic heterocycles. The zero-order chi connectivity index (χ0) is 29.6. The summed E-state index contributed by atoms with van der Waals surface area (Å²) in [5, 5.41) is 0. The number of amides is 1. The van der Waals surface area contributed by atoms with Gasteiger partial charge in [-0.15, -0.1) is 0 Å². The first-order valence-electron chi connectivity index (χ1n) is 15.5. The molecule has 0 N–H and O–H groups in total. The maximum atomic E-state index is 12.8. The van der Waals surface area contributed by atoms with Gasteiger partial charge in [0.2, 0.25) is 11.7 Å². The van der Waals surface area contributed by atoms with Crippen LogP contribution in [0.3, 0.4) is 0 Å². The molecule has 3 heterocycles. The van der Waals surface area contributed by atoms with Gasteiger partial charge in [0, 0.05) is 52.3 Å². The van der Waals surface area contributed by atoms with Crippen molar-refractivity contribution >= 4 is 11.9 Å². The number of hydrogen-bond acceptors (Lipinski definition) is 10. The van der Waals surface area contributed by atoms with Crippen LogP contribution in [0, 0.1) is 0 Å². The highest BCUT2D eigenvalue weighted by Crippen LogP contribution is 2.38. The van der Waals surface area contributed by atoms with Crippen LogP contribution in [0.15, 0.2) is 12.1 Å². The van der Waals surface area contributed by atoms with E-state index in [1.54, 1.807) is 19.1 Å². The van der Waals surface area contributed by atoms with Crippen LogP contribution in [0.25, 0.3) is 0 Å². The Hall–Kier alpha value is -2.60. The number of carbonyl (C=O) groups is 2. The van der Waals surface area contributed by atoms with Crippen molar-refractivity contribution in [1.82, 2.24) is 14.7 Å². The molecule has 3 atom stereocenters. The molecule has 3 aliphatic rings. The van der Waals surface area contributed by atoms with Gasteiger partial charge in [0.1, 0.15) is 6.10 Å². The lowest BCUT2D eigenvalue weighted by molar-refractivity contribution is -0.152. The van der Waals surface area contributed by atoms with Gasteiger partial charge in [-0.05, 0) is 62.9 Å². The molecule has 11 heteroatoms. The Kier molecular flexibility index (Phi) is 13.5. The molecule has 2 fully saturated rings. The van der Waals surface area contributed by atoms with Crippen molar-refractivity contribution in [2.45, 2.75) is 57.7 Å². The molecule has 1 aromatic carbocycles. The fourth-order valence-electron chi connectivity index (χ4n) is 5.73. The van der Waals surface area contributed by atoms with E-state index in [-0.39, 0.29) is 30.8 Å². The third kappa shape index (κ3) is 10.3. The van der Waals surface area contributed by atoms with Gasteiger partial charge in [0.15, 0.2) is 11.5 Å². The minimum Gasteiger partial charge on any atom is -0.493 e. The Morgan fingerprint density at radius 2 is 1.55 bits per heavy atom. The van der Waals surface area contributed by atoms with Crippen molar-refractivity contribution in [3.8, 4) is 17.2 Å². The predicted octanol–water partition coefficient (Wildman–Crippen LogP) is 2.73. The number of carbonyl (C=O) groups excluding carboxylic acids is 2. The van der Waals surface area contributed by atoms with Gasteiger partial charge in [-0.1, -0.05) is 0 Å². The van der Waals surface area contributed by atoms with Crippen LogP contribution >= 0.6 is 0 Å². The smallest absolute Gasteiger partial charge is 0.306 e. The second kappa shape index (κ2) is 17.5. The zero-order valence-electron chi connectivity index (χ0n) is 25.5. The lowest BCUT2D eigenvalue weighted by Crippen LogP contribution is -2.40. The molecule has 11 nitrogen and oxygen atoms in total. The van der Waals surface area contributed by atoms with Crippen LogP contribution in [0.1, 0.15) is 50.5 Å². The Balaban J connectivity index is 1.39. The topological polar surface area (TPSA) is 99.2 Å². The fraction of sp³-hybridized carbons (Fsp3) is 0.742. The van der Waals surface area contributed by atoms with Crippen molar-refractivity contribution in [3.05, 3.63) is 17.7 Å². The summed E-state index contributed by atoms with van der Waals surface area (Å²) in [6.07, 6.45) is 4.24. The number of morpholine rings is 1. The normalized spacial score (nSPS) is 24.7. The highest BCUT2D eigenvalue weighted by molar-refractivity contribution is 5.81. The van der Waals surface area contributed by atoms with E-state index in [1.807, 2.05) is 12.1 Å². The highest BCUT2D eigenvalue weighted by atomic mass is 16.5. The van der Waals surface area contributed by atoms with Gasteiger partial charge < -0.3 is 43.1 Å². The van der Waals surface area contributed by atoms with Gasteiger partial charge in [-0.25, -0.2) is 0 Å². The second-order valence-electron chi connectivity index (χ2n) is 11.2. The second-order valence-corrected chi connectivity index (χ2v) is 11.2. The molecule has 3 unspecified atom stereocenters. The maximum absolute atomic E-state index is 12.8. The summed E-state index contributed by atoms with van der Waals surface area (Å²) in [5.74, 6) is 1.42. The lowest BCUT2D eigenvalue weighted by atomic mass is 10.1. The van der Waals surface area contributed by atoms with Crippen LogP contribution in [0.5, 0.6) is 17.2 Å². The zero-order valence-corrected chi connectivity index (χ0v) is 25.5. The summed E-state index contributed by atoms with van der Waals surface area (Å²) >= 11 is 0. The van der Waals surface area contributed by atoms with E-state index in [1.165, 1.54) is 0 Å².